The van der Waals surface area contributed by atoms with Crippen LogP contribution < -0.4 is 0 Å². The Labute approximate surface area is 92.2 Å². The van der Waals surface area contributed by atoms with Crippen molar-refractivity contribution in [2.75, 3.05) is 6.61 Å². The number of nitrogens with zero attached hydrogens (tertiary/aromatic N) is 1. The second-order valence-electron chi connectivity index (χ2n) is 2.83. The molecule has 0 saturated carbocycles. The number of aryl methyl sites for hydroxylation is 1. The van der Waals surface area contributed by atoms with E-state index in [1.165, 1.54) is 0 Å². The van der Waals surface area contributed by atoms with Crippen molar-refractivity contribution in [1.82, 2.24) is 4.98 Å². The number of halogens is 2. The molecule has 0 N–H and O–H groups in total. The average Bonchev–Trinajstić information content (AvgIpc) is 2.21. The van der Waals surface area contributed by atoms with Crippen LogP contribution >= 0.6 is 11.6 Å². The molecule has 1 rings (SSSR count). The summed E-state index contributed by atoms with van der Waals surface area (Å²) in [6.07, 6.45) is 0.425. The molecule has 0 aromatic carbocycles. The monoisotopic (exact) mass is 231 g/mol. The van der Waals surface area contributed by atoms with Crippen molar-refractivity contribution in [1.29, 1.82) is 0 Å². The van der Waals surface area contributed by atoms with Gasteiger partial charge in [0.25, 0.3) is 0 Å². The minimum Gasteiger partial charge on any atom is -0.462 e. The summed E-state index contributed by atoms with van der Waals surface area (Å²) in [5.74, 6) is -1.19. The van der Waals surface area contributed by atoms with E-state index >= 15 is 0 Å². The number of pyridine rings is 1. The molecular formula is C10H11ClFNO2. The van der Waals surface area contributed by atoms with Gasteiger partial charge in [0, 0.05) is 0 Å². The molecule has 0 amide bonds. The van der Waals surface area contributed by atoms with Crippen LogP contribution in [0.2, 0.25) is 5.15 Å². The highest BCUT2D eigenvalue weighted by Gasteiger charge is 2.16. The number of hydrogen-bond acceptors (Lipinski definition) is 3. The van der Waals surface area contributed by atoms with E-state index in [1.54, 1.807) is 13.8 Å². The SMILES string of the molecule is CCOC(=O)c1cc(F)c(CC)nc1Cl. The highest BCUT2D eigenvalue weighted by Crippen LogP contribution is 2.18. The maximum Gasteiger partial charge on any atom is 0.341 e. The molecule has 1 aromatic rings. The van der Waals surface area contributed by atoms with Gasteiger partial charge < -0.3 is 4.74 Å². The molecular weight excluding hydrogens is 221 g/mol. The van der Waals surface area contributed by atoms with Crippen molar-refractivity contribution < 1.29 is 13.9 Å². The fourth-order valence-electron chi connectivity index (χ4n) is 1.10. The summed E-state index contributed by atoms with van der Waals surface area (Å²) in [6, 6.07) is 1.06. The third-order valence-electron chi connectivity index (χ3n) is 1.83. The first kappa shape index (κ1) is 11.9. The second-order valence-corrected chi connectivity index (χ2v) is 3.19. The highest BCUT2D eigenvalue weighted by atomic mass is 35.5. The molecule has 1 heterocycles. The number of carbonyl (C=O) groups excluding carboxylic acids is 1. The van der Waals surface area contributed by atoms with Gasteiger partial charge in [-0.15, -0.1) is 0 Å². The van der Waals surface area contributed by atoms with Gasteiger partial charge in [-0.25, -0.2) is 14.2 Å². The molecule has 3 nitrogen and oxygen atoms in total. The van der Waals surface area contributed by atoms with E-state index < -0.39 is 11.8 Å². The van der Waals surface area contributed by atoms with E-state index in [9.17, 15) is 9.18 Å². The summed E-state index contributed by atoms with van der Waals surface area (Å²) in [5, 5.41) is -0.0216. The van der Waals surface area contributed by atoms with Crippen LogP contribution in [-0.2, 0) is 11.2 Å². The van der Waals surface area contributed by atoms with Crippen molar-refractivity contribution in [3.05, 3.63) is 28.3 Å². The standard InChI is InChI=1S/C10H11ClFNO2/c1-3-8-7(12)5-6(9(11)13-8)10(14)15-4-2/h5H,3-4H2,1-2H3. The number of carbonyl (C=O) groups is 1. The Balaban J connectivity index is 3.10. The summed E-state index contributed by atoms with van der Waals surface area (Å²) < 4.78 is 18.0. The van der Waals surface area contributed by atoms with E-state index in [4.69, 9.17) is 16.3 Å². The first-order chi connectivity index (χ1) is 7.10. The predicted molar refractivity (Wildman–Crippen MR) is 54.5 cm³/mol. The first-order valence-electron chi connectivity index (χ1n) is 4.62. The van der Waals surface area contributed by atoms with E-state index in [1.807, 2.05) is 0 Å². The second kappa shape index (κ2) is 5.07. The molecule has 15 heavy (non-hydrogen) atoms. The number of esters is 1. The lowest BCUT2D eigenvalue weighted by Gasteiger charge is -2.05. The zero-order chi connectivity index (χ0) is 11.4. The van der Waals surface area contributed by atoms with Gasteiger partial charge in [-0.05, 0) is 19.4 Å². The van der Waals surface area contributed by atoms with Crippen LogP contribution in [0.1, 0.15) is 29.9 Å². The summed E-state index contributed by atoms with van der Waals surface area (Å²) in [5.41, 5.74) is 0.210. The van der Waals surface area contributed by atoms with Crippen LogP contribution in [0.25, 0.3) is 0 Å². The van der Waals surface area contributed by atoms with Gasteiger partial charge >= 0.3 is 5.97 Å². The molecule has 0 saturated heterocycles. The Bertz CT molecular complexity index is 382. The molecule has 5 heteroatoms. The van der Waals surface area contributed by atoms with Gasteiger partial charge in [-0.1, -0.05) is 18.5 Å². The summed E-state index contributed by atoms with van der Waals surface area (Å²) in [7, 11) is 0. The smallest absolute Gasteiger partial charge is 0.341 e. The summed E-state index contributed by atoms with van der Waals surface area (Å²) in [4.78, 5) is 15.1. The lowest BCUT2D eigenvalue weighted by Crippen LogP contribution is -2.08. The molecule has 0 radical (unpaired) electrons. The predicted octanol–water partition coefficient (Wildman–Crippen LogP) is 2.61. The lowest BCUT2D eigenvalue weighted by molar-refractivity contribution is 0.0525. The molecule has 1 aromatic heterocycles. The molecule has 0 fully saturated rings. The van der Waals surface area contributed by atoms with Gasteiger partial charge in [0.1, 0.15) is 11.0 Å². The maximum absolute atomic E-state index is 13.3. The minimum absolute atomic E-state index is 0.0216. The van der Waals surface area contributed by atoms with Crippen molar-refractivity contribution in [3.8, 4) is 0 Å². The quantitative estimate of drug-likeness (QED) is 0.593. The van der Waals surface area contributed by atoms with Gasteiger partial charge in [-0.2, -0.15) is 0 Å². The first-order valence-corrected chi connectivity index (χ1v) is 5.00. The highest BCUT2D eigenvalue weighted by molar-refractivity contribution is 6.32. The zero-order valence-electron chi connectivity index (χ0n) is 8.51. The normalized spacial score (nSPS) is 10.1. The molecule has 0 unspecified atom stereocenters. The van der Waals surface area contributed by atoms with E-state index in [2.05, 4.69) is 4.98 Å². The lowest BCUT2D eigenvalue weighted by atomic mass is 10.2. The average molecular weight is 232 g/mol. The van der Waals surface area contributed by atoms with E-state index in [-0.39, 0.29) is 23.0 Å². The third-order valence-corrected chi connectivity index (χ3v) is 2.12. The van der Waals surface area contributed by atoms with Crippen LogP contribution in [0.15, 0.2) is 6.07 Å². The van der Waals surface area contributed by atoms with Gasteiger partial charge in [0.05, 0.1) is 17.9 Å². The van der Waals surface area contributed by atoms with E-state index in [0.29, 0.717) is 6.42 Å². The van der Waals surface area contributed by atoms with Crippen molar-refractivity contribution in [2.24, 2.45) is 0 Å². The van der Waals surface area contributed by atoms with Gasteiger partial charge in [-0.3, -0.25) is 0 Å². The molecule has 0 aliphatic carbocycles. The number of ether oxygens (including phenoxy) is 1. The summed E-state index contributed by atoms with van der Waals surface area (Å²) >= 11 is 5.73. The fourth-order valence-corrected chi connectivity index (χ4v) is 1.34. The molecule has 0 aliphatic heterocycles. The Morgan fingerprint density at radius 2 is 2.27 bits per heavy atom. The Kier molecular flexibility index (Phi) is 4.03. The van der Waals surface area contributed by atoms with Crippen LogP contribution in [-0.4, -0.2) is 17.6 Å². The largest absolute Gasteiger partial charge is 0.462 e. The number of hydrogen-bond donors (Lipinski definition) is 0. The van der Waals surface area contributed by atoms with Crippen LogP contribution in [0, 0.1) is 5.82 Å². The number of aromatic nitrogens is 1. The van der Waals surface area contributed by atoms with Crippen LogP contribution in [0.3, 0.4) is 0 Å². The Hall–Kier alpha value is -1.16. The third kappa shape index (κ3) is 2.65. The van der Waals surface area contributed by atoms with E-state index in [0.717, 1.165) is 6.07 Å². The van der Waals surface area contributed by atoms with Crippen molar-refractivity contribution in [3.63, 3.8) is 0 Å². The van der Waals surface area contributed by atoms with Gasteiger partial charge in [0.15, 0.2) is 0 Å². The number of rotatable bonds is 3. The van der Waals surface area contributed by atoms with Crippen molar-refractivity contribution in [2.45, 2.75) is 20.3 Å². The molecule has 0 bridgehead atoms. The fraction of sp³-hybridized carbons (Fsp3) is 0.400. The van der Waals surface area contributed by atoms with Crippen LogP contribution in [0.5, 0.6) is 0 Å². The van der Waals surface area contributed by atoms with Crippen molar-refractivity contribution >= 4 is 17.6 Å². The van der Waals surface area contributed by atoms with Crippen LogP contribution in [0.4, 0.5) is 4.39 Å². The minimum atomic E-state index is -0.656. The summed E-state index contributed by atoms with van der Waals surface area (Å²) in [6.45, 7) is 3.63. The molecule has 82 valence electrons. The molecule has 0 aliphatic rings. The Morgan fingerprint density at radius 3 is 2.80 bits per heavy atom. The Morgan fingerprint density at radius 1 is 1.60 bits per heavy atom. The maximum atomic E-state index is 13.3. The molecule has 0 atom stereocenters. The molecule has 0 spiro atoms. The van der Waals surface area contributed by atoms with Gasteiger partial charge in [0.2, 0.25) is 0 Å². The topological polar surface area (TPSA) is 39.2 Å². The zero-order valence-corrected chi connectivity index (χ0v) is 9.27.